The van der Waals surface area contributed by atoms with Crippen molar-refractivity contribution in [2.75, 3.05) is 17.8 Å². The van der Waals surface area contributed by atoms with E-state index in [1.807, 2.05) is 30.0 Å². The van der Waals surface area contributed by atoms with Gasteiger partial charge in [0.05, 0.1) is 18.9 Å². The molecule has 226 valence electrons. The summed E-state index contributed by atoms with van der Waals surface area (Å²) < 4.78 is 6.42. The van der Waals surface area contributed by atoms with Crippen LogP contribution in [-0.2, 0) is 23.2 Å². The summed E-state index contributed by atoms with van der Waals surface area (Å²) in [5, 5.41) is 5.21. The highest BCUT2D eigenvalue weighted by atomic mass is 32.2. The number of amides is 1. The van der Waals surface area contributed by atoms with Gasteiger partial charge in [0.1, 0.15) is 5.75 Å². The SMILES string of the molecule is CCCCCCCCCCCCCCOc1c(CC(=O)Nc2ccc(CN3C=CSC3)cc2)cccc1C(C)(C)C. The number of nitrogens with one attached hydrogen (secondary N) is 1. The number of carbonyl (C=O) groups excluding carboxylic acids is 1. The van der Waals surface area contributed by atoms with Gasteiger partial charge in [-0.25, -0.2) is 0 Å². The van der Waals surface area contributed by atoms with E-state index in [0.717, 1.165) is 35.8 Å². The minimum atomic E-state index is -0.0583. The highest BCUT2D eigenvalue weighted by Crippen LogP contribution is 2.35. The van der Waals surface area contributed by atoms with E-state index in [9.17, 15) is 4.79 Å². The first-order valence-corrected chi connectivity index (χ1v) is 17.1. The topological polar surface area (TPSA) is 41.6 Å². The molecule has 0 saturated heterocycles. The largest absolute Gasteiger partial charge is 0.493 e. The van der Waals surface area contributed by atoms with Gasteiger partial charge in [0.25, 0.3) is 0 Å². The Hall–Kier alpha value is -2.40. The van der Waals surface area contributed by atoms with E-state index in [0.29, 0.717) is 13.0 Å². The third-order valence-electron chi connectivity index (χ3n) is 7.73. The smallest absolute Gasteiger partial charge is 0.228 e. The summed E-state index contributed by atoms with van der Waals surface area (Å²) in [6.45, 7) is 10.5. The maximum Gasteiger partial charge on any atom is 0.228 e. The van der Waals surface area contributed by atoms with Crippen molar-refractivity contribution in [3.8, 4) is 5.75 Å². The number of rotatable bonds is 19. The summed E-state index contributed by atoms with van der Waals surface area (Å²) in [7, 11) is 0. The Labute approximate surface area is 254 Å². The van der Waals surface area contributed by atoms with Crippen LogP contribution in [0.4, 0.5) is 5.69 Å². The van der Waals surface area contributed by atoms with Crippen LogP contribution in [0.25, 0.3) is 0 Å². The third kappa shape index (κ3) is 12.6. The molecule has 4 nitrogen and oxygen atoms in total. The molecule has 2 aromatic carbocycles. The molecule has 1 aliphatic heterocycles. The molecule has 1 aliphatic rings. The average molecular weight is 579 g/mol. The van der Waals surface area contributed by atoms with Crippen LogP contribution in [0.5, 0.6) is 5.75 Å². The number of para-hydroxylation sites is 1. The lowest BCUT2D eigenvalue weighted by Gasteiger charge is -2.25. The summed E-state index contributed by atoms with van der Waals surface area (Å²) >= 11 is 1.81. The molecule has 2 aromatic rings. The fraction of sp³-hybridized carbons (Fsp3) is 0.583. The van der Waals surface area contributed by atoms with Crippen LogP contribution in [0.2, 0.25) is 0 Å². The van der Waals surface area contributed by atoms with Crippen LogP contribution in [0.3, 0.4) is 0 Å². The molecule has 5 heteroatoms. The van der Waals surface area contributed by atoms with Crippen LogP contribution in [0.15, 0.2) is 54.1 Å². The summed E-state index contributed by atoms with van der Waals surface area (Å²) in [6.07, 6.45) is 18.4. The molecular weight excluding hydrogens is 524 g/mol. The number of anilines is 1. The predicted molar refractivity (Wildman–Crippen MR) is 178 cm³/mol. The Morgan fingerprint density at radius 3 is 2.10 bits per heavy atom. The van der Waals surface area contributed by atoms with E-state index in [1.54, 1.807) is 0 Å². The normalized spacial score (nSPS) is 13.1. The third-order valence-corrected chi connectivity index (χ3v) is 8.53. The zero-order chi connectivity index (χ0) is 29.3. The minimum Gasteiger partial charge on any atom is -0.493 e. The molecular formula is C36H54N2O2S. The summed E-state index contributed by atoms with van der Waals surface area (Å²) in [6, 6.07) is 14.4. The van der Waals surface area contributed by atoms with E-state index in [2.05, 4.69) is 73.8 Å². The lowest BCUT2D eigenvalue weighted by Crippen LogP contribution is -2.19. The van der Waals surface area contributed by atoms with Crippen molar-refractivity contribution >= 4 is 23.4 Å². The van der Waals surface area contributed by atoms with E-state index in [-0.39, 0.29) is 11.3 Å². The summed E-state index contributed by atoms with van der Waals surface area (Å²) in [5.74, 6) is 1.87. The van der Waals surface area contributed by atoms with Crippen LogP contribution in [-0.4, -0.2) is 23.3 Å². The first-order chi connectivity index (χ1) is 19.9. The van der Waals surface area contributed by atoms with Crippen molar-refractivity contribution < 1.29 is 9.53 Å². The standard InChI is InChI=1S/C36H54N2O2S/c1-5-6-7-8-9-10-11-12-13-14-15-16-25-40-35-31(18-17-19-33(35)36(2,3)4)27-34(39)37-32-22-20-30(21-23-32)28-38-24-26-41-29-38/h17-24,26H,5-16,25,27-29H2,1-4H3,(H,37,39). The van der Waals surface area contributed by atoms with Crippen molar-refractivity contribution in [1.29, 1.82) is 0 Å². The molecule has 0 atom stereocenters. The minimum absolute atomic E-state index is 0.0158. The number of benzene rings is 2. The number of carbonyl (C=O) groups is 1. The maximum atomic E-state index is 13.1. The molecule has 1 amide bonds. The van der Waals surface area contributed by atoms with Gasteiger partial charge in [-0.05, 0) is 40.5 Å². The van der Waals surface area contributed by atoms with Gasteiger partial charge in [-0.1, -0.05) is 129 Å². The molecule has 0 aromatic heterocycles. The molecule has 1 heterocycles. The van der Waals surface area contributed by atoms with Crippen molar-refractivity contribution in [2.45, 2.75) is 123 Å². The van der Waals surface area contributed by atoms with Crippen LogP contribution in [0, 0.1) is 0 Å². The number of ether oxygens (including phenoxy) is 1. The molecule has 0 aliphatic carbocycles. The Balaban J connectivity index is 1.44. The van der Waals surface area contributed by atoms with Crippen LogP contribution in [0.1, 0.15) is 121 Å². The Morgan fingerprint density at radius 2 is 1.51 bits per heavy atom. The lowest BCUT2D eigenvalue weighted by atomic mass is 9.84. The van der Waals surface area contributed by atoms with E-state index < -0.39 is 0 Å². The zero-order valence-corrected chi connectivity index (χ0v) is 27.0. The molecule has 0 fully saturated rings. The van der Waals surface area contributed by atoms with Gasteiger partial charge in [0.15, 0.2) is 0 Å². The summed E-state index contributed by atoms with van der Waals surface area (Å²) in [4.78, 5) is 15.3. The van der Waals surface area contributed by atoms with Crippen molar-refractivity contribution in [1.82, 2.24) is 4.90 Å². The van der Waals surface area contributed by atoms with Crippen molar-refractivity contribution in [2.24, 2.45) is 0 Å². The van der Waals surface area contributed by atoms with Gasteiger partial charge in [-0.15, -0.1) is 11.8 Å². The number of hydrogen-bond donors (Lipinski definition) is 1. The van der Waals surface area contributed by atoms with Gasteiger partial charge in [0.2, 0.25) is 5.91 Å². The predicted octanol–water partition coefficient (Wildman–Crippen LogP) is 10.2. The monoisotopic (exact) mass is 578 g/mol. The van der Waals surface area contributed by atoms with Gasteiger partial charge in [-0.3, -0.25) is 4.79 Å². The Kier molecular flexibility index (Phi) is 14.7. The average Bonchev–Trinajstić information content (AvgIpc) is 3.45. The second-order valence-corrected chi connectivity index (χ2v) is 13.4. The van der Waals surface area contributed by atoms with E-state index in [4.69, 9.17) is 4.74 Å². The van der Waals surface area contributed by atoms with Gasteiger partial charge in [-0.2, -0.15) is 0 Å². The molecule has 0 bridgehead atoms. The quantitative estimate of drug-likeness (QED) is 0.168. The second-order valence-electron chi connectivity index (χ2n) is 12.5. The van der Waals surface area contributed by atoms with Crippen molar-refractivity contribution in [3.63, 3.8) is 0 Å². The fourth-order valence-corrected chi connectivity index (χ4v) is 6.03. The first-order valence-electron chi connectivity index (χ1n) is 16.0. The van der Waals surface area contributed by atoms with Crippen LogP contribution >= 0.6 is 11.8 Å². The molecule has 41 heavy (non-hydrogen) atoms. The van der Waals surface area contributed by atoms with Gasteiger partial charge >= 0.3 is 0 Å². The molecule has 0 radical (unpaired) electrons. The molecule has 0 unspecified atom stereocenters. The number of unbranched alkanes of at least 4 members (excludes halogenated alkanes) is 11. The first kappa shape index (κ1) is 33.1. The highest BCUT2D eigenvalue weighted by molar-refractivity contribution is 8.02. The van der Waals surface area contributed by atoms with Crippen molar-refractivity contribution in [3.05, 3.63) is 70.8 Å². The highest BCUT2D eigenvalue weighted by Gasteiger charge is 2.22. The van der Waals surface area contributed by atoms with Gasteiger partial charge in [0, 0.05) is 24.0 Å². The molecule has 0 saturated carbocycles. The van der Waals surface area contributed by atoms with E-state index in [1.165, 1.54) is 81.8 Å². The second kappa shape index (κ2) is 18.2. The molecule has 1 N–H and O–H groups in total. The molecule has 3 rings (SSSR count). The summed E-state index contributed by atoms with van der Waals surface area (Å²) in [5.41, 5.74) is 4.14. The van der Waals surface area contributed by atoms with Gasteiger partial charge < -0.3 is 15.0 Å². The zero-order valence-electron chi connectivity index (χ0n) is 26.2. The number of thioether (sulfide) groups is 1. The Bertz CT molecular complexity index is 1060. The van der Waals surface area contributed by atoms with E-state index >= 15 is 0 Å². The lowest BCUT2D eigenvalue weighted by molar-refractivity contribution is -0.115. The maximum absolute atomic E-state index is 13.1. The van der Waals surface area contributed by atoms with Crippen LogP contribution < -0.4 is 10.1 Å². The number of hydrogen-bond acceptors (Lipinski definition) is 4. The fourth-order valence-electron chi connectivity index (χ4n) is 5.32. The Morgan fingerprint density at radius 1 is 0.878 bits per heavy atom. The molecule has 0 spiro atoms. The number of nitrogens with zero attached hydrogens (tertiary/aromatic N) is 1.